The number of fused-ring (bicyclic) bond motifs is 1. The number of H-pyrrole nitrogens is 1. The first-order chi connectivity index (χ1) is 13.5. The third-order valence-electron chi connectivity index (χ3n) is 5.56. The molecule has 1 N–H and O–H groups in total. The van der Waals surface area contributed by atoms with Gasteiger partial charge in [-0.25, -0.2) is 14.7 Å². The van der Waals surface area contributed by atoms with Crippen molar-refractivity contribution in [1.82, 2.24) is 24.6 Å². The Bertz CT molecular complexity index is 1120. The molecule has 0 radical (unpaired) electrons. The molecular formula is C21H26N6O2. The van der Waals surface area contributed by atoms with E-state index >= 15 is 0 Å². The van der Waals surface area contributed by atoms with Crippen molar-refractivity contribution in [3.63, 3.8) is 0 Å². The van der Waals surface area contributed by atoms with E-state index in [2.05, 4.69) is 35.8 Å². The van der Waals surface area contributed by atoms with Gasteiger partial charge in [0.25, 0.3) is 5.91 Å². The Balaban J connectivity index is 1.73. The Hall–Kier alpha value is -3.16. The molecule has 0 spiro atoms. The minimum atomic E-state index is -0.977. The Morgan fingerprint density at radius 3 is 2.55 bits per heavy atom. The summed E-state index contributed by atoms with van der Waals surface area (Å²) in [5.41, 5.74) is 1.36. The predicted octanol–water partition coefficient (Wildman–Crippen LogP) is 3.34. The van der Waals surface area contributed by atoms with Gasteiger partial charge in [-0.3, -0.25) is 9.48 Å². The molecule has 1 aliphatic heterocycles. The number of imide groups is 1. The average molecular weight is 394 g/mol. The zero-order chi connectivity index (χ0) is 21.1. The predicted molar refractivity (Wildman–Crippen MR) is 111 cm³/mol. The second kappa shape index (κ2) is 6.17. The third kappa shape index (κ3) is 2.90. The zero-order valence-electron chi connectivity index (χ0n) is 17.6. The highest BCUT2D eigenvalue weighted by atomic mass is 16.2. The standard InChI is InChI=1S/C21H26N6O2/c1-20(2,3)15-11-16(25(6)24-15)27-18(28)21(4,5)26(19(27)29)12-13-7-9-22-17-14(13)8-10-23-17/h7-11H,12H2,1-6H3,(H,22,23). The summed E-state index contributed by atoms with van der Waals surface area (Å²) in [6, 6.07) is 5.30. The van der Waals surface area contributed by atoms with Crippen molar-refractivity contribution in [1.29, 1.82) is 0 Å². The topological polar surface area (TPSA) is 87.1 Å². The number of aromatic amines is 1. The van der Waals surface area contributed by atoms with Gasteiger partial charge in [0.2, 0.25) is 0 Å². The number of anilines is 1. The van der Waals surface area contributed by atoms with Gasteiger partial charge < -0.3 is 9.88 Å². The van der Waals surface area contributed by atoms with Crippen LogP contribution in [0.4, 0.5) is 10.6 Å². The van der Waals surface area contributed by atoms with Crippen LogP contribution in [0.2, 0.25) is 0 Å². The fourth-order valence-corrected chi connectivity index (χ4v) is 3.66. The Kier molecular flexibility index (Phi) is 4.08. The summed E-state index contributed by atoms with van der Waals surface area (Å²) in [7, 11) is 1.76. The number of hydrogen-bond donors (Lipinski definition) is 1. The summed E-state index contributed by atoms with van der Waals surface area (Å²) >= 11 is 0. The number of aromatic nitrogens is 4. The molecule has 0 unspecified atom stereocenters. The molecule has 0 saturated carbocycles. The Morgan fingerprint density at radius 1 is 1.17 bits per heavy atom. The highest BCUT2D eigenvalue weighted by Gasteiger charge is 2.52. The van der Waals surface area contributed by atoms with Crippen LogP contribution in [0.25, 0.3) is 11.0 Å². The first-order valence-corrected chi connectivity index (χ1v) is 9.63. The molecule has 29 heavy (non-hydrogen) atoms. The second-order valence-electron chi connectivity index (χ2n) is 9.04. The summed E-state index contributed by atoms with van der Waals surface area (Å²) in [6.07, 6.45) is 3.53. The lowest BCUT2D eigenvalue weighted by molar-refractivity contribution is -0.123. The zero-order valence-corrected chi connectivity index (χ0v) is 17.6. The molecule has 3 aromatic heterocycles. The van der Waals surface area contributed by atoms with E-state index in [1.165, 1.54) is 4.90 Å². The van der Waals surface area contributed by atoms with Crippen molar-refractivity contribution >= 4 is 28.8 Å². The van der Waals surface area contributed by atoms with Crippen LogP contribution in [-0.2, 0) is 23.8 Å². The Morgan fingerprint density at radius 2 is 1.90 bits per heavy atom. The molecule has 8 heteroatoms. The van der Waals surface area contributed by atoms with Crippen LogP contribution in [0.1, 0.15) is 45.9 Å². The number of aryl methyl sites for hydroxylation is 1. The van der Waals surface area contributed by atoms with E-state index in [4.69, 9.17) is 0 Å². The summed E-state index contributed by atoms with van der Waals surface area (Å²) in [4.78, 5) is 36.9. The van der Waals surface area contributed by atoms with Crippen LogP contribution in [0.5, 0.6) is 0 Å². The minimum absolute atomic E-state index is 0.187. The van der Waals surface area contributed by atoms with Crippen LogP contribution >= 0.6 is 0 Å². The molecule has 4 rings (SSSR count). The number of pyridine rings is 1. The lowest BCUT2D eigenvalue weighted by atomic mass is 9.92. The molecule has 0 aromatic carbocycles. The molecule has 1 fully saturated rings. The first kappa shape index (κ1) is 19.2. The second-order valence-corrected chi connectivity index (χ2v) is 9.04. The third-order valence-corrected chi connectivity index (χ3v) is 5.56. The molecule has 0 aliphatic carbocycles. The summed E-state index contributed by atoms with van der Waals surface area (Å²) in [6.45, 7) is 10.0. The molecule has 0 atom stereocenters. The highest BCUT2D eigenvalue weighted by molar-refractivity contribution is 6.22. The van der Waals surface area contributed by atoms with Crippen molar-refractivity contribution in [2.24, 2.45) is 7.05 Å². The number of nitrogens with zero attached hydrogens (tertiary/aromatic N) is 5. The molecule has 4 heterocycles. The van der Waals surface area contributed by atoms with Crippen LogP contribution in [-0.4, -0.2) is 42.1 Å². The normalized spacial score (nSPS) is 17.0. The van der Waals surface area contributed by atoms with Gasteiger partial charge in [0.05, 0.1) is 5.69 Å². The van der Waals surface area contributed by atoms with Crippen molar-refractivity contribution in [3.8, 4) is 0 Å². The smallest absolute Gasteiger partial charge is 0.333 e. The van der Waals surface area contributed by atoms with Crippen LogP contribution in [0.3, 0.4) is 0 Å². The number of nitrogens with one attached hydrogen (secondary N) is 1. The molecule has 0 bridgehead atoms. The maximum Gasteiger partial charge on any atom is 0.333 e. The molecule has 152 valence electrons. The Labute approximate surface area is 169 Å². The highest BCUT2D eigenvalue weighted by Crippen LogP contribution is 2.35. The molecule has 1 saturated heterocycles. The minimum Gasteiger partial charge on any atom is -0.346 e. The fourth-order valence-electron chi connectivity index (χ4n) is 3.66. The van der Waals surface area contributed by atoms with Gasteiger partial charge >= 0.3 is 6.03 Å². The van der Waals surface area contributed by atoms with Gasteiger partial charge in [0, 0.05) is 42.9 Å². The molecule has 8 nitrogen and oxygen atoms in total. The number of hydrogen-bond acceptors (Lipinski definition) is 4. The van der Waals surface area contributed by atoms with Gasteiger partial charge in [-0.15, -0.1) is 0 Å². The quantitative estimate of drug-likeness (QED) is 0.690. The number of carbonyl (C=O) groups excluding carboxylic acids is 2. The lowest BCUT2D eigenvalue weighted by Crippen LogP contribution is -2.43. The largest absolute Gasteiger partial charge is 0.346 e. The number of urea groups is 1. The summed E-state index contributed by atoms with van der Waals surface area (Å²) in [5.74, 6) is 0.229. The number of carbonyl (C=O) groups is 2. The first-order valence-electron chi connectivity index (χ1n) is 9.63. The number of amides is 3. The van der Waals surface area contributed by atoms with E-state index in [9.17, 15) is 9.59 Å². The molecule has 3 aromatic rings. The van der Waals surface area contributed by atoms with Gasteiger partial charge in [0.1, 0.15) is 17.0 Å². The van der Waals surface area contributed by atoms with Crippen LogP contribution < -0.4 is 4.90 Å². The van der Waals surface area contributed by atoms with Gasteiger partial charge in [0.15, 0.2) is 0 Å². The van der Waals surface area contributed by atoms with Crippen molar-refractivity contribution < 1.29 is 9.59 Å². The fraction of sp³-hybridized carbons (Fsp3) is 0.429. The van der Waals surface area contributed by atoms with E-state index in [1.54, 1.807) is 36.7 Å². The maximum absolute atomic E-state index is 13.4. The van der Waals surface area contributed by atoms with Crippen molar-refractivity contribution in [3.05, 3.63) is 41.9 Å². The van der Waals surface area contributed by atoms with E-state index in [0.717, 1.165) is 22.3 Å². The average Bonchev–Trinajstić information content (AvgIpc) is 3.29. The number of rotatable bonds is 3. The summed E-state index contributed by atoms with van der Waals surface area (Å²) in [5, 5.41) is 5.47. The maximum atomic E-state index is 13.4. The molecule has 3 amide bonds. The van der Waals surface area contributed by atoms with E-state index in [0.29, 0.717) is 12.4 Å². The lowest BCUT2D eigenvalue weighted by Gasteiger charge is -2.27. The van der Waals surface area contributed by atoms with Crippen LogP contribution in [0.15, 0.2) is 30.6 Å². The van der Waals surface area contributed by atoms with E-state index in [1.807, 2.05) is 24.4 Å². The van der Waals surface area contributed by atoms with Crippen molar-refractivity contribution in [2.45, 2.75) is 52.1 Å². The van der Waals surface area contributed by atoms with Gasteiger partial charge in [-0.2, -0.15) is 5.10 Å². The van der Waals surface area contributed by atoms with Gasteiger partial charge in [-0.1, -0.05) is 20.8 Å². The van der Waals surface area contributed by atoms with Gasteiger partial charge in [-0.05, 0) is 31.5 Å². The van der Waals surface area contributed by atoms with E-state index in [-0.39, 0.29) is 17.4 Å². The van der Waals surface area contributed by atoms with Crippen molar-refractivity contribution in [2.75, 3.05) is 4.90 Å². The van der Waals surface area contributed by atoms with Crippen LogP contribution in [0, 0.1) is 0 Å². The molecule has 1 aliphatic rings. The summed E-state index contributed by atoms with van der Waals surface area (Å²) < 4.78 is 1.60. The molecular weight excluding hydrogens is 368 g/mol. The SMILES string of the molecule is Cn1nc(C(C)(C)C)cc1N1C(=O)N(Cc2ccnc3[nH]ccc23)C(C)(C)C1=O. The van der Waals surface area contributed by atoms with E-state index < -0.39 is 5.54 Å². The monoisotopic (exact) mass is 394 g/mol.